The van der Waals surface area contributed by atoms with Crippen molar-refractivity contribution in [1.29, 1.82) is 0 Å². The summed E-state index contributed by atoms with van der Waals surface area (Å²) in [4.78, 5) is 14.2. The number of anilines is 1. The van der Waals surface area contributed by atoms with Gasteiger partial charge < -0.3 is 14.4 Å². The first kappa shape index (κ1) is 12.8. The lowest BCUT2D eigenvalue weighted by atomic mass is 10.0. The molecule has 4 heteroatoms. The van der Waals surface area contributed by atoms with Gasteiger partial charge in [-0.15, -0.1) is 0 Å². The highest BCUT2D eigenvalue weighted by Gasteiger charge is 2.27. The summed E-state index contributed by atoms with van der Waals surface area (Å²) in [6.45, 7) is 2.58. The van der Waals surface area contributed by atoms with E-state index in [-0.39, 0.29) is 11.7 Å². The highest BCUT2D eigenvalue weighted by Crippen LogP contribution is 2.36. The molecule has 0 aliphatic carbocycles. The minimum absolute atomic E-state index is 0.151. The highest BCUT2D eigenvalue weighted by molar-refractivity contribution is 6.05. The molecule has 0 atom stereocenters. The van der Waals surface area contributed by atoms with Crippen LogP contribution in [-0.4, -0.2) is 17.6 Å². The molecule has 2 aromatic rings. The molecule has 3 rings (SSSR count). The molecule has 0 saturated heterocycles. The zero-order chi connectivity index (χ0) is 14.1. The summed E-state index contributed by atoms with van der Waals surface area (Å²) in [5, 5.41) is 10.0. The average molecular weight is 271 g/mol. The number of phenols is 1. The Morgan fingerprint density at radius 1 is 1.35 bits per heavy atom. The van der Waals surface area contributed by atoms with Crippen LogP contribution in [0, 0.1) is 0 Å². The van der Waals surface area contributed by atoms with E-state index in [1.165, 1.54) is 0 Å². The second kappa shape index (κ2) is 5.04. The van der Waals surface area contributed by atoms with E-state index < -0.39 is 0 Å². The monoisotopic (exact) mass is 271 g/mol. The molecule has 0 saturated carbocycles. The molecule has 1 aliphatic rings. The van der Waals surface area contributed by atoms with Gasteiger partial charge in [0, 0.05) is 13.0 Å². The van der Waals surface area contributed by atoms with Crippen LogP contribution in [0.1, 0.15) is 35.2 Å². The molecule has 0 bridgehead atoms. The van der Waals surface area contributed by atoms with Crippen LogP contribution in [-0.2, 0) is 12.8 Å². The Morgan fingerprint density at radius 2 is 2.20 bits per heavy atom. The third-order valence-corrected chi connectivity index (χ3v) is 3.66. The number of hydrogen-bond donors (Lipinski definition) is 1. The number of amides is 1. The lowest BCUT2D eigenvalue weighted by Gasteiger charge is -2.29. The zero-order valence-corrected chi connectivity index (χ0v) is 11.4. The number of nitrogens with zero attached hydrogens (tertiary/aromatic N) is 1. The van der Waals surface area contributed by atoms with Crippen molar-refractivity contribution < 1.29 is 14.3 Å². The summed E-state index contributed by atoms with van der Waals surface area (Å²) < 4.78 is 5.53. The third kappa shape index (κ3) is 2.07. The van der Waals surface area contributed by atoms with Crippen LogP contribution in [0.15, 0.2) is 34.7 Å². The van der Waals surface area contributed by atoms with Crippen LogP contribution in [0.4, 0.5) is 5.69 Å². The van der Waals surface area contributed by atoms with Gasteiger partial charge in [0.25, 0.3) is 5.91 Å². The van der Waals surface area contributed by atoms with Crippen molar-refractivity contribution in [1.82, 2.24) is 0 Å². The van der Waals surface area contributed by atoms with Crippen LogP contribution >= 0.6 is 0 Å². The fourth-order valence-corrected chi connectivity index (χ4v) is 2.65. The quantitative estimate of drug-likeness (QED) is 0.913. The maximum atomic E-state index is 12.6. The first-order chi connectivity index (χ1) is 9.70. The summed E-state index contributed by atoms with van der Waals surface area (Å²) in [7, 11) is 0. The highest BCUT2D eigenvalue weighted by atomic mass is 16.4. The Balaban J connectivity index is 1.98. The van der Waals surface area contributed by atoms with Crippen molar-refractivity contribution in [2.24, 2.45) is 0 Å². The molecule has 1 aliphatic heterocycles. The third-order valence-electron chi connectivity index (χ3n) is 3.66. The number of hydrogen-bond acceptors (Lipinski definition) is 3. The van der Waals surface area contributed by atoms with Crippen molar-refractivity contribution in [3.05, 3.63) is 47.4 Å². The first-order valence-corrected chi connectivity index (χ1v) is 6.92. The van der Waals surface area contributed by atoms with Crippen LogP contribution in [0.2, 0.25) is 0 Å². The summed E-state index contributed by atoms with van der Waals surface area (Å²) in [5.74, 6) is 1.09. The lowest BCUT2D eigenvalue weighted by Crippen LogP contribution is -2.35. The molecule has 0 fully saturated rings. The van der Waals surface area contributed by atoms with Crippen LogP contribution in [0.25, 0.3) is 0 Å². The number of para-hydroxylation sites is 1. The molecule has 20 heavy (non-hydrogen) atoms. The Kier molecular flexibility index (Phi) is 3.22. The standard InChI is InChI=1S/C16H17NO3/c1-2-12-8-9-14(20-12)16(19)17-10-4-6-11-5-3-7-13(18)15(11)17/h3,5,7-9,18H,2,4,6,10H2,1H3. The molecule has 4 nitrogen and oxygen atoms in total. The Morgan fingerprint density at radius 3 is 2.95 bits per heavy atom. The smallest absolute Gasteiger partial charge is 0.294 e. The zero-order valence-electron chi connectivity index (χ0n) is 11.4. The minimum atomic E-state index is -0.188. The molecule has 1 N–H and O–H groups in total. The molecule has 0 radical (unpaired) electrons. The van der Waals surface area contributed by atoms with Gasteiger partial charge in [0.1, 0.15) is 11.5 Å². The average Bonchev–Trinajstić information content (AvgIpc) is 2.95. The Bertz CT molecular complexity index is 645. The summed E-state index contributed by atoms with van der Waals surface area (Å²) in [6, 6.07) is 8.90. The number of phenolic OH excluding ortho intramolecular Hbond substituents is 1. The number of aryl methyl sites for hydroxylation is 2. The van der Waals surface area contributed by atoms with E-state index in [2.05, 4.69) is 0 Å². The maximum absolute atomic E-state index is 12.6. The van der Waals surface area contributed by atoms with E-state index in [0.717, 1.165) is 30.6 Å². The number of fused-ring (bicyclic) bond motifs is 1. The van der Waals surface area contributed by atoms with Gasteiger partial charge in [-0.25, -0.2) is 0 Å². The van der Waals surface area contributed by atoms with E-state index >= 15 is 0 Å². The van der Waals surface area contributed by atoms with Crippen molar-refractivity contribution in [2.75, 3.05) is 11.4 Å². The Hall–Kier alpha value is -2.23. The molecular formula is C16H17NO3. The summed E-state index contributed by atoms with van der Waals surface area (Å²) in [6.07, 6.45) is 2.53. The SMILES string of the molecule is CCc1ccc(C(=O)N2CCCc3cccc(O)c32)o1. The molecule has 0 unspecified atom stereocenters. The lowest BCUT2D eigenvalue weighted by molar-refractivity contribution is 0.0956. The fourth-order valence-electron chi connectivity index (χ4n) is 2.65. The van der Waals surface area contributed by atoms with Gasteiger partial charge in [0.15, 0.2) is 5.76 Å². The van der Waals surface area contributed by atoms with E-state index in [1.54, 1.807) is 17.0 Å². The maximum Gasteiger partial charge on any atom is 0.294 e. The van der Waals surface area contributed by atoms with Gasteiger partial charge >= 0.3 is 0 Å². The van der Waals surface area contributed by atoms with Gasteiger partial charge in [-0.1, -0.05) is 19.1 Å². The van der Waals surface area contributed by atoms with E-state index in [4.69, 9.17) is 4.42 Å². The van der Waals surface area contributed by atoms with Crippen LogP contribution in [0.5, 0.6) is 5.75 Å². The number of rotatable bonds is 2. The normalized spacial score (nSPS) is 14.2. The number of aromatic hydroxyl groups is 1. The topological polar surface area (TPSA) is 53.7 Å². The van der Waals surface area contributed by atoms with Gasteiger partial charge in [-0.05, 0) is 36.6 Å². The molecule has 1 aromatic heterocycles. The first-order valence-electron chi connectivity index (χ1n) is 6.92. The second-order valence-electron chi connectivity index (χ2n) is 4.96. The van der Waals surface area contributed by atoms with Gasteiger partial charge in [-0.2, -0.15) is 0 Å². The van der Waals surface area contributed by atoms with Gasteiger partial charge in [0.2, 0.25) is 0 Å². The van der Waals surface area contributed by atoms with Crippen molar-refractivity contribution in [3.63, 3.8) is 0 Å². The van der Waals surface area contributed by atoms with Gasteiger partial charge in [-0.3, -0.25) is 4.79 Å². The predicted molar refractivity (Wildman–Crippen MR) is 76.2 cm³/mol. The minimum Gasteiger partial charge on any atom is -0.506 e. The van der Waals surface area contributed by atoms with Crippen molar-refractivity contribution in [3.8, 4) is 5.75 Å². The summed E-state index contributed by atoms with van der Waals surface area (Å²) in [5.41, 5.74) is 1.63. The molecule has 104 valence electrons. The number of furan rings is 1. The van der Waals surface area contributed by atoms with Gasteiger partial charge in [0.05, 0.1) is 5.69 Å². The number of carbonyl (C=O) groups is 1. The molecule has 0 spiro atoms. The fraction of sp³-hybridized carbons (Fsp3) is 0.312. The van der Waals surface area contributed by atoms with E-state index in [1.807, 2.05) is 25.1 Å². The number of carbonyl (C=O) groups excluding carboxylic acids is 1. The molecular weight excluding hydrogens is 254 g/mol. The van der Waals surface area contributed by atoms with Crippen molar-refractivity contribution in [2.45, 2.75) is 26.2 Å². The second-order valence-corrected chi connectivity index (χ2v) is 4.96. The Labute approximate surface area is 117 Å². The molecule has 2 heterocycles. The van der Waals surface area contributed by atoms with Crippen molar-refractivity contribution >= 4 is 11.6 Å². The number of benzene rings is 1. The van der Waals surface area contributed by atoms with E-state index in [0.29, 0.717) is 18.0 Å². The molecule has 1 amide bonds. The van der Waals surface area contributed by atoms with Crippen LogP contribution < -0.4 is 4.90 Å². The van der Waals surface area contributed by atoms with E-state index in [9.17, 15) is 9.90 Å². The largest absolute Gasteiger partial charge is 0.506 e. The molecule has 1 aromatic carbocycles. The predicted octanol–water partition coefficient (Wildman–Crippen LogP) is 3.14. The van der Waals surface area contributed by atoms with Crippen LogP contribution in [0.3, 0.4) is 0 Å². The summed E-state index contributed by atoms with van der Waals surface area (Å²) >= 11 is 0.